The van der Waals surface area contributed by atoms with Gasteiger partial charge in [-0.25, -0.2) is 4.39 Å². The Bertz CT molecular complexity index is 494. The number of fused-ring (bicyclic) bond motifs is 1. The van der Waals surface area contributed by atoms with E-state index in [1.165, 1.54) is 19.0 Å². The van der Waals surface area contributed by atoms with Gasteiger partial charge in [-0.3, -0.25) is 9.88 Å². The van der Waals surface area contributed by atoms with Gasteiger partial charge in [0.2, 0.25) is 0 Å². The number of piperazine rings is 1. The highest BCUT2D eigenvalue weighted by Crippen LogP contribution is 2.38. The second-order valence-electron chi connectivity index (χ2n) is 6.11. The molecule has 4 rings (SSSR count). The summed E-state index contributed by atoms with van der Waals surface area (Å²) in [6, 6.07) is 2.77. The highest BCUT2D eigenvalue weighted by atomic mass is 19.1. The van der Waals surface area contributed by atoms with Crippen molar-refractivity contribution in [2.75, 3.05) is 37.7 Å². The number of pyridine rings is 1. The van der Waals surface area contributed by atoms with Crippen LogP contribution in [-0.2, 0) is 4.74 Å². The molecule has 0 unspecified atom stereocenters. The Morgan fingerprint density at radius 3 is 2.95 bits per heavy atom. The molecular weight excluding hydrogens is 257 g/mol. The number of halogens is 1. The van der Waals surface area contributed by atoms with Gasteiger partial charge in [0.05, 0.1) is 31.1 Å². The van der Waals surface area contributed by atoms with Crippen molar-refractivity contribution in [2.45, 2.75) is 24.9 Å². The molecule has 108 valence electrons. The molecule has 20 heavy (non-hydrogen) atoms. The van der Waals surface area contributed by atoms with Crippen LogP contribution in [0.2, 0.25) is 0 Å². The van der Waals surface area contributed by atoms with Crippen LogP contribution in [-0.4, -0.2) is 54.8 Å². The standard InChI is InChI=1S/C15H20FN3O/c16-13-7-17-4-3-14(13)18-5-6-19-12(8-18)9-20-10-15(19)11-1-2-11/h3-4,7,11-12,15H,1-2,5-6,8-10H2/t12-,15-/m1/s1. The van der Waals surface area contributed by atoms with Crippen LogP contribution in [0.4, 0.5) is 10.1 Å². The molecule has 5 heteroatoms. The van der Waals surface area contributed by atoms with Gasteiger partial charge in [0, 0.05) is 31.9 Å². The fourth-order valence-electron chi connectivity index (χ4n) is 3.61. The first-order valence-electron chi connectivity index (χ1n) is 7.51. The maximum absolute atomic E-state index is 13.9. The predicted molar refractivity (Wildman–Crippen MR) is 74.2 cm³/mol. The van der Waals surface area contributed by atoms with Crippen LogP contribution in [0, 0.1) is 11.7 Å². The molecule has 1 aromatic heterocycles. The summed E-state index contributed by atoms with van der Waals surface area (Å²) in [5.74, 6) is 0.610. The van der Waals surface area contributed by atoms with Gasteiger partial charge in [-0.2, -0.15) is 0 Å². The van der Waals surface area contributed by atoms with Crippen molar-refractivity contribution in [1.29, 1.82) is 0 Å². The third-order valence-corrected chi connectivity index (χ3v) is 4.81. The third-order valence-electron chi connectivity index (χ3n) is 4.81. The summed E-state index contributed by atoms with van der Waals surface area (Å²) in [7, 11) is 0. The number of rotatable bonds is 2. The first-order chi connectivity index (χ1) is 9.83. The number of hydrogen-bond donors (Lipinski definition) is 0. The fourth-order valence-corrected chi connectivity index (χ4v) is 3.61. The molecular formula is C15H20FN3O. The molecule has 1 saturated carbocycles. The summed E-state index contributed by atoms with van der Waals surface area (Å²) in [5.41, 5.74) is 0.674. The average molecular weight is 277 g/mol. The Morgan fingerprint density at radius 2 is 2.15 bits per heavy atom. The highest BCUT2D eigenvalue weighted by Gasteiger charge is 2.43. The lowest BCUT2D eigenvalue weighted by Crippen LogP contribution is -2.62. The maximum atomic E-state index is 13.9. The van der Waals surface area contributed by atoms with E-state index >= 15 is 0 Å². The van der Waals surface area contributed by atoms with Gasteiger partial charge >= 0.3 is 0 Å². The van der Waals surface area contributed by atoms with Crippen molar-refractivity contribution in [3.63, 3.8) is 0 Å². The summed E-state index contributed by atoms with van der Waals surface area (Å²) in [4.78, 5) is 8.57. The van der Waals surface area contributed by atoms with Crippen molar-refractivity contribution in [3.05, 3.63) is 24.3 Å². The molecule has 1 aliphatic carbocycles. The molecule has 3 heterocycles. The zero-order valence-corrected chi connectivity index (χ0v) is 11.5. The molecule has 0 amide bonds. The van der Waals surface area contributed by atoms with E-state index in [0.29, 0.717) is 17.8 Å². The predicted octanol–water partition coefficient (Wildman–Crippen LogP) is 1.52. The van der Waals surface area contributed by atoms with Crippen molar-refractivity contribution in [1.82, 2.24) is 9.88 Å². The van der Waals surface area contributed by atoms with Crippen LogP contribution in [0.3, 0.4) is 0 Å². The Labute approximate surface area is 118 Å². The van der Waals surface area contributed by atoms with Crippen LogP contribution in [0.5, 0.6) is 0 Å². The average Bonchev–Trinajstić information content (AvgIpc) is 3.31. The minimum Gasteiger partial charge on any atom is -0.378 e. The molecule has 0 N–H and O–H groups in total. The number of hydrogen-bond acceptors (Lipinski definition) is 4. The number of ether oxygens (including phenoxy) is 1. The summed E-state index contributed by atoms with van der Waals surface area (Å²) in [6.45, 7) is 4.40. The summed E-state index contributed by atoms with van der Waals surface area (Å²) >= 11 is 0. The minimum atomic E-state index is -0.226. The molecule has 2 aliphatic heterocycles. The topological polar surface area (TPSA) is 28.6 Å². The molecule has 4 nitrogen and oxygen atoms in total. The van der Waals surface area contributed by atoms with Gasteiger partial charge in [-0.1, -0.05) is 0 Å². The Balaban J connectivity index is 1.51. The van der Waals surface area contributed by atoms with Gasteiger partial charge < -0.3 is 9.64 Å². The van der Waals surface area contributed by atoms with E-state index in [2.05, 4.69) is 14.8 Å². The summed E-state index contributed by atoms with van der Waals surface area (Å²) < 4.78 is 19.7. The lowest BCUT2D eigenvalue weighted by Gasteiger charge is -2.48. The third kappa shape index (κ3) is 2.19. The van der Waals surface area contributed by atoms with Gasteiger partial charge in [0.1, 0.15) is 0 Å². The van der Waals surface area contributed by atoms with E-state index in [1.807, 2.05) is 0 Å². The second kappa shape index (κ2) is 4.97. The molecule has 0 radical (unpaired) electrons. The lowest BCUT2D eigenvalue weighted by molar-refractivity contribution is -0.0603. The zero-order valence-electron chi connectivity index (χ0n) is 11.5. The normalized spacial score (nSPS) is 31.1. The number of aromatic nitrogens is 1. The van der Waals surface area contributed by atoms with Crippen LogP contribution < -0.4 is 4.90 Å². The molecule has 0 aromatic carbocycles. The van der Waals surface area contributed by atoms with Crippen LogP contribution in [0.25, 0.3) is 0 Å². The summed E-state index contributed by atoms with van der Waals surface area (Å²) in [6.07, 6.45) is 5.65. The Kier molecular flexibility index (Phi) is 3.11. The first kappa shape index (κ1) is 12.5. The highest BCUT2D eigenvalue weighted by molar-refractivity contribution is 5.47. The summed E-state index contributed by atoms with van der Waals surface area (Å²) in [5, 5.41) is 0. The van der Waals surface area contributed by atoms with Crippen molar-refractivity contribution in [2.24, 2.45) is 5.92 Å². The van der Waals surface area contributed by atoms with E-state index < -0.39 is 0 Å². The number of anilines is 1. The quantitative estimate of drug-likeness (QED) is 0.819. The van der Waals surface area contributed by atoms with Crippen molar-refractivity contribution < 1.29 is 9.13 Å². The molecule has 0 bridgehead atoms. The molecule has 2 atom stereocenters. The molecule has 3 fully saturated rings. The largest absolute Gasteiger partial charge is 0.378 e. The van der Waals surface area contributed by atoms with Gasteiger partial charge in [-0.15, -0.1) is 0 Å². The van der Waals surface area contributed by atoms with E-state index in [1.54, 1.807) is 12.3 Å². The Hall–Kier alpha value is -1.20. The van der Waals surface area contributed by atoms with Crippen molar-refractivity contribution >= 4 is 5.69 Å². The molecule has 0 spiro atoms. The first-order valence-corrected chi connectivity index (χ1v) is 7.51. The molecule has 2 saturated heterocycles. The number of nitrogens with zero attached hydrogens (tertiary/aromatic N) is 3. The van der Waals surface area contributed by atoms with Gasteiger partial charge in [0.15, 0.2) is 5.82 Å². The van der Waals surface area contributed by atoms with Crippen molar-refractivity contribution in [3.8, 4) is 0 Å². The van der Waals surface area contributed by atoms with Crippen LogP contribution in [0.1, 0.15) is 12.8 Å². The van der Waals surface area contributed by atoms with Gasteiger partial charge in [0.25, 0.3) is 0 Å². The zero-order chi connectivity index (χ0) is 13.5. The SMILES string of the molecule is Fc1cnccc1N1CCN2[C@@H](COC[C@@H]2C2CC2)C1. The van der Waals surface area contributed by atoms with Crippen LogP contribution >= 0.6 is 0 Å². The van der Waals surface area contributed by atoms with E-state index in [-0.39, 0.29) is 5.82 Å². The van der Waals surface area contributed by atoms with E-state index in [4.69, 9.17) is 4.74 Å². The maximum Gasteiger partial charge on any atom is 0.164 e. The Morgan fingerprint density at radius 1 is 1.25 bits per heavy atom. The minimum absolute atomic E-state index is 0.226. The second-order valence-corrected chi connectivity index (χ2v) is 6.11. The molecule has 3 aliphatic rings. The van der Waals surface area contributed by atoms with E-state index in [0.717, 1.165) is 38.8 Å². The fraction of sp³-hybridized carbons (Fsp3) is 0.667. The lowest BCUT2D eigenvalue weighted by atomic mass is 10.0. The van der Waals surface area contributed by atoms with Crippen LogP contribution in [0.15, 0.2) is 18.5 Å². The van der Waals surface area contributed by atoms with Gasteiger partial charge in [-0.05, 0) is 24.8 Å². The number of morpholine rings is 1. The molecule has 1 aromatic rings. The van der Waals surface area contributed by atoms with E-state index in [9.17, 15) is 4.39 Å². The monoisotopic (exact) mass is 277 g/mol. The smallest absolute Gasteiger partial charge is 0.164 e.